The minimum Gasteiger partial charge on any atom is -0.308 e. The first kappa shape index (κ1) is 9.90. The summed E-state index contributed by atoms with van der Waals surface area (Å²) < 4.78 is 1.66. The first-order valence-corrected chi connectivity index (χ1v) is 5.07. The molecule has 1 heterocycles. The van der Waals surface area contributed by atoms with Crippen LogP contribution in [0.3, 0.4) is 0 Å². The maximum Gasteiger partial charge on any atom is 0.272 e. The zero-order chi connectivity index (χ0) is 11.0. The Labute approximate surface area is 88.4 Å². The van der Waals surface area contributed by atoms with E-state index >= 15 is 0 Å². The summed E-state index contributed by atoms with van der Waals surface area (Å²) in [4.78, 5) is 16.3. The highest BCUT2D eigenvalue weighted by Gasteiger charge is 2.10. The van der Waals surface area contributed by atoms with Crippen LogP contribution in [0.1, 0.15) is 25.5 Å². The molecule has 15 heavy (non-hydrogen) atoms. The first-order chi connectivity index (χ1) is 7.11. The summed E-state index contributed by atoms with van der Waals surface area (Å²) in [5.74, 6) is 0.160. The van der Waals surface area contributed by atoms with Crippen LogP contribution in [0.5, 0.6) is 0 Å². The van der Waals surface area contributed by atoms with Gasteiger partial charge < -0.3 is 4.57 Å². The molecule has 0 unspecified atom stereocenters. The number of rotatable bonds is 1. The molecule has 0 atom stereocenters. The molecule has 3 nitrogen and oxygen atoms in total. The van der Waals surface area contributed by atoms with Gasteiger partial charge in [-0.3, -0.25) is 4.79 Å². The molecule has 0 spiro atoms. The summed E-state index contributed by atoms with van der Waals surface area (Å²) in [6, 6.07) is 7.69. The number of benzene rings is 1. The molecular formula is C12H14N2O. The van der Waals surface area contributed by atoms with Crippen molar-refractivity contribution < 1.29 is 0 Å². The van der Waals surface area contributed by atoms with E-state index in [1.54, 1.807) is 11.6 Å². The largest absolute Gasteiger partial charge is 0.308 e. The van der Waals surface area contributed by atoms with E-state index in [-0.39, 0.29) is 11.5 Å². The van der Waals surface area contributed by atoms with Gasteiger partial charge >= 0.3 is 0 Å². The molecule has 0 aliphatic rings. The van der Waals surface area contributed by atoms with Gasteiger partial charge in [0.05, 0.1) is 11.0 Å². The fourth-order valence-electron chi connectivity index (χ4n) is 1.68. The van der Waals surface area contributed by atoms with Crippen molar-refractivity contribution in [3.05, 3.63) is 40.3 Å². The van der Waals surface area contributed by atoms with Crippen molar-refractivity contribution in [3.8, 4) is 0 Å². The molecule has 2 aromatic rings. The second kappa shape index (κ2) is 3.50. The van der Waals surface area contributed by atoms with Gasteiger partial charge in [0.1, 0.15) is 5.69 Å². The Kier molecular flexibility index (Phi) is 2.31. The smallest absolute Gasteiger partial charge is 0.272 e. The molecule has 0 saturated carbocycles. The van der Waals surface area contributed by atoms with Crippen LogP contribution in [0.15, 0.2) is 29.1 Å². The van der Waals surface area contributed by atoms with E-state index in [4.69, 9.17) is 0 Å². The van der Waals surface area contributed by atoms with Crippen molar-refractivity contribution in [1.82, 2.24) is 9.55 Å². The van der Waals surface area contributed by atoms with E-state index in [9.17, 15) is 4.79 Å². The summed E-state index contributed by atoms with van der Waals surface area (Å²) in [6.07, 6.45) is 0. The second-order valence-corrected chi connectivity index (χ2v) is 4.00. The third kappa shape index (κ3) is 1.54. The molecule has 0 amide bonds. The molecule has 0 aliphatic carbocycles. The quantitative estimate of drug-likeness (QED) is 0.709. The maximum absolute atomic E-state index is 11.9. The molecule has 2 rings (SSSR count). The maximum atomic E-state index is 11.9. The van der Waals surface area contributed by atoms with E-state index < -0.39 is 0 Å². The van der Waals surface area contributed by atoms with Crippen molar-refractivity contribution in [1.29, 1.82) is 0 Å². The van der Waals surface area contributed by atoms with Crippen molar-refractivity contribution in [2.45, 2.75) is 19.8 Å². The summed E-state index contributed by atoms with van der Waals surface area (Å²) in [5, 5.41) is 0. The number of aromatic nitrogens is 2. The molecule has 0 bridgehead atoms. The zero-order valence-corrected chi connectivity index (χ0v) is 9.19. The lowest BCUT2D eigenvalue weighted by atomic mass is 10.1. The van der Waals surface area contributed by atoms with Crippen molar-refractivity contribution >= 4 is 11.0 Å². The lowest BCUT2D eigenvalue weighted by Gasteiger charge is -2.09. The van der Waals surface area contributed by atoms with Crippen LogP contribution in [0, 0.1) is 0 Å². The van der Waals surface area contributed by atoms with Gasteiger partial charge in [0.2, 0.25) is 0 Å². The summed E-state index contributed by atoms with van der Waals surface area (Å²) in [6.45, 7) is 3.97. The van der Waals surface area contributed by atoms with Crippen LogP contribution in [0.4, 0.5) is 0 Å². The SMILES string of the molecule is CC(C)c1nc2ccccc2n(C)c1=O. The highest BCUT2D eigenvalue weighted by molar-refractivity contribution is 5.74. The topological polar surface area (TPSA) is 34.9 Å². The number of para-hydroxylation sites is 2. The van der Waals surface area contributed by atoms with Crippen LogP contribution in [-0.4, -0.2) is 9.55 Å². The van der Waals surface area contributed by atoms with E-state index in [2.05, 4.69) is 4.98 Å². The number of hydrogen-bond donors (Lipinski definition) is 0. The van der Waals surface area contributed by atoms with Crippen LogP contribution < -0.4 is 5.56 Å². The van der Waals surface area contributed by atoms with Gasteiger partial charge in [0, 0.05) is 13.0 Å². The summed E-state index contributed by atoms with van der Waals surface area (Å²) >= 11 is 0. The standard InChI is InChI=1S/C12H14N2O/c1-8(2)11-12(15)14(3)10-7-5-4-6-9(10)13-11/h4-8H,1-3H3. The molecule has 1 aromatic carbocycles. The Bertz CT molecular complexity index is 555. The third-order valence-corrected chi connectivity index (χ3v) is 2.55. The molecule has 0 saturated heterocycles. The Balaban J connectivity index is 2.89. The molecule has 0 fully saturated rings. The van der Waals surface area contributed by atoms with Gasteiger partial charge in [-0.05, 0) is 12.1 Å². The summed E-state index contributed by atoms with van der Waals surface area (Å²) in [5.41, 5.74) is 2.40. The number of fused-ring (bicyclic) bond motifs is 1. The number of aryl methyl sites for hydroxylation is 1. The van der Waals surface area contributed by atoms with Crippen molar-refractivity contribution in [2.24, 2.45) is 7.05 Å². The van der Waals surface area contributed by atoms with Crippen molar-refractivity contribution in [3.63, 3.8) is 0 Å². The molecule has 0 radical (unpaired) electrons. The molecule has 3 heteroatoms. The van der Waals surface area contributed by atoms with Gasteiger partial charge in [-0.25, -0.2) is 4.98 Å². The minimum atomic E-state index is 0.00343. The summed E-state index contributed by atoms with van der Waals surface area (Å²) in [7, 11) is 1.79. The first-order valence-electron chi connectivity index (χ1n) is 5.07. The highest BCUT2D eigenvalue weighted by atomic mass is 16.1. The molecule has 1 aromatic heterocycles. The Morgan fingerprint density at radius 1 is 1.27 bits per heavy atom. The van der Waals surface area contributed by atoms with Gasteiger partial charge in [-0.1, -0.05) is 26.0 Å². The lowest BCUT2D eigenvalue weighted by Crippen LogP contribution is -2.24. The molecular weight excluding hydrogens is 188 g/mol. The van der Waals surface area contributed by atoms with Gasteiger partial charge in [-0.15, -0.1) is 0 Å². The number of hydrogen-bond acceptors (Lipinski definition) is 2. The number of nitrogens with zero attached hydrogens (tertiary/aromatic N) is 2. The second-order valence-electron chi connectivity index (χ2n) is 4.00. The molecule has 0 aliphatic heterocycles. The Hall–Kier alpha value is -1.64. The van der Waals surface area contributed by atoms with Crippen LogP contribution in [0.25, 0.3) is 11.0 Å². The fraction of sp³-hybridized carbons (Fsp3) is 0.333. The average molecular weight is 202 g/mol. The predicted molar refractivity (Wildman–Crippen MR) is 61.1 cm³/mol. The van der Waals surface area contributed by atoms with E-state index in [0.29, 0.717) is 5.69 Å². The lowest BCUT2D eigenvalue weighted by molar-refractivity contribution is 0.765. The normalized spacial score (nSPS) is 11.2. The van der Waals surface area contributed by atoms with Crippen LogP contribution in [-0.2, 0) is 7.05 Å². The van der Waals surface area contributed by atoms with Crippen LogP contribution in [0.2, 0.25) is 0 Å². The monoisotopic (exact) mass is 202 g/mol. The average Bonchev–Trinajstić information content (AvgIpc) is 2.23. The predicted octanol–water partition coefficient (Wildman–Crippen LogP) is 2.06. The van der Waals surface area contributed by atoms with Gasteiger partial charge in [0.15, 0.2) is 0 Å². The molecule has 78 valence electrons. The van der Waals surface area contributed by atoms with Crippen LogP contribution >= 0.6 is 0 Å². The zero-order valence-electron chi connectivity index (χ0n) is 9.19. The minimum absolute atomic E-state index is 0.00343. The highest BCUT2D eigenvalue weighted by Crippen LogP contribution is 2.12. The van der Waals surface area contributed by atoms with Crippen molar-refractivity contribution in [2.75, 3.05) is 0 Å². The third-order valence-electron chi connectivity index (χ3n) is 2.55. The van der Waals surface area contributed by atoms with E-state index in [1.165, 1.54) is 0 Å². The van der Waals surface area contributed by atoms with Gasteiger partial charge in [0.25, 0.3) is 5.56 Å². The molecule has 0 N–H and O–H groups in total. The van der Waals surface area contributed by atoms with E-state index in [0.717, 1.165) is 11.0 Å². The Morgan fingerprint density at radius 3 is 2.60 bits per heavy atom. The van der Waals surface area contributed by atoms with E-state index in [1.807, 2.05) is 38.1 Å². The fourth-order valence-corrected chi connectivity index (χ4v) is 1.68. The van der Waals surface area contributed by atoms with Gasteiger partial charge in [-0.2, -0.15) is 0 Å². The Morgan fingerprint density at radius 2 is 1.93 bits per heavy atom.